The van der Waals surface area contributed by atoms with Gasteiger partial charge in [-0.3, -0.25) is 4.79 Å². The number of halogens is 2. The van der Waals surface area contributed by atoms with E-state index in [2.05, 4.69) is 22.9 Å². The van der Waals surface area contributed by atoms with E-state index >= 15 is 0 Å². The third-order valence-corrected chi connectivity index (χ3v) is 3.89. The van der Waals surface area contributed by atoms with Crippen molar-refractivity contribution in [3.05, 3.63) is 64.4 Å². The number of benzene rings is 2. The highest BCUT2D eigenvalue weighted by atomic mass is 79.9. The van der Waals surface area contributed by atoms with Crippen LogP contribution in [-0.2, 0) is 0 Å². The third kappa shape index (κ3) is 3.70. The second-order valence-electron chi connectivity index (χ2n) is 4.74. The van der Waals surface area contributed by atoms with Crippen LogP contribution in [0, 0.1) is 5.82 Å². The van der Waals surface area contributed by atoms with Gasteiger partial charge in [0.2, 0.25) is 0 Å². The lowest BCUT2D eigenvalue weighted by molar-refractivity contribution is 0.0982. The van der Waals surface area contributed by atoms with Gasteiger partial charge in [-0.05, 0) is 46.6 Å². The Bertz CT molecular complexity index is 595. The van der Waals surface area contributed by atoms with Crippen molar-refractivity contribution in [1.82, 2.24) is 0 Å². The summed E-state index contributed by atoms with van der Waals surface area (Å²) >= 11 is 3.27. The van der Waals surface area contributed by atoms with Gasteiger partial charge in [0, 0.05) is 16.7 Å². The first-order valence-electron chi connectivity index (χ1n) is 6.96. The van der Waals surface area contributed by atoms with Crippen molar-refractivity contribution in [3.63, 3.8) is 0 Å². The van der Waals surface area contributed by atoms with Gasteiger partial charge in [-0.15, -0.1) is 0 Å². The van der Waals surface area contributed by atoms with E-state index in [4.69, 9.17) is 0 Å². The molecule has 2 aromatic carbocycles. The Labute approximate surface area is 132 Å². The van der Waals surface area contributed by atoms with E-state index < -0.39 is 5.82 Å². The van der Waals surface area contributed by atoms with Crippen LogP contribution < -0.4 is 4.90 Å². The first-order valence-corrected chi connectivity index (χ1v) is 7.75. The molecule has 0 spiro atoms. The molecular formula is C17H17BrFNO. The maximum Gasteiger partial charge on any atom is 0.262 e. The third-order valence-electron chi connectivity index (χ3n) is 3.22. The minimum atomic E-state index is -0.508. The van der Waals surface area contributed by atoms with Crippen molar-refractivity contribution in [1.29, 1.82) is 0 Å². The van der Waals surface area contributed by atoms with Gasteiger partial charge in [0.05, 0.1) is 5.56 Å². The summed E-state index contributed by atoms with van der Waals surface area (Å²) in [4.78, 5) is 14.4. The zero-order valence-corrected chi connectivity index (χ0v) is 13.4. The van der Waals surface area contributed by atoms with Gasteiger partial charge >= 0.3 is 0 Å². The number of hydrogen-bond donors (Lipinski definition) is 0. The predicted octanol–water partition coefficient (Wildman–Crippen LogP) is 5.04. The highest BCUT2D eigenvalue weighted by Crippen LogP contribution is 2.24. The first kappa shape index (κ1) is 15.7. The van der Waals surface area contributed by atoms with Crippen molar-refractivity contribution in [3.8, 4) is 0 Å². The maximum atomic E-state index is 14.0. The van der Waals surface area contributed by atoms with Crippen LogP contribution in [0.25, 0.3) is 0 Å². The number of amides is 1. The van der Waals surface area contributed by atoms with Crippen molar-refractivity contribution < 1.29 is 9.18 Å². The molecule has 110 valence electrons. The van der Waals surface area contributed by atoms with Gasteiger partial charge in [0.15, 0.2) is 0 Å². The molecule has 0 saturated carbocycles. The molecule has 0 fully saturated rings. The number of carbonyl (C=O) groups is 1. The first-order chi connectivity index (χ1) is 10.1. The van der Waals surface area contributed by atoms with E-state index in [0.29, 0.717) is 11.0 Å². The van der Waals surface area contributed by atoms with Gasteiger partial charge in [-0.2, -0.15) is 0 Å². The monoisotopic (exact) mass is 349 g/mol. The fourth-order valence-electron chi connectivity index (χ4n) is 2.11. The number of rotatable bonds is 5. The highest BCUT2D eigenvalue weighted by Gasteiger charge is 2.22. The van der Waals surface area contributed by atoms with Crippen LogP contribution in [0.2, 0.25) is 0 Å². The molecule has 0 aromatic heterocycles. The second-order valence-corrected chi connectivity index (χ2v) is 5.60. The van der Waals surface area contributed by atoms with E-state index in [1.807, 2.05) is 30.3 Å². The summed E-state index contributed by atoms with van der Waals surface area (Å²) in [7, 11) is 0. The van der Waals surface area contributed by atoms with Crippen LogP contribution in [0.1, 0.15) is 30.1 Å². The van der Waals surface area contributed by atoms with Gasteiger partial charge in [-0.1, -0.05) is 37.6 Å². The zero-order chi connectivity index (χ0) is 15.2. The van der Waals surface area contributed by atoms with Crippen LogP contribution in [0.5, 0.6) is 0 Å². The van der Waals surface area contributed by atoms with Gasteiger partial charge in [-0.25, -0.2) is 4.39 Å². The largest absolute Gasteiger partial charge is 0.308 e. The van der Waals surface area contributed by atoms with Gasteiger partial charge in [0.1, 0.15) is 5.82 Å². The number of nitrogens with zero attached hydrogens (tertiary/aromatic N) is 1. The van der Waals surface area contributed by atoms with Crippen molar-refractivity contribution >= 4 is 27.5 Å². The molecule has 0 aliphatic carbocycles. The lowest BCUT2D eigenvalue weighted by Crippen LogP contribution is -2.32. The number of unbranched alkanes of at least 4 members (excludes halogenated alkanes) is 1. The molecule has 0 bridgehead atoms. The minimum Gasteiger partial charge on any atom is -0.308 e. The summed E-state index contributed by atoms with van der Waals surface area (Å²) in [6.45, 7) is 2.63. The van der Waals surface area contributed by atoms with Crippen molar-refractivity contribution in [2.24, 2.45) is 0 Å². The molecule has 4 heteroatoms. The fraction of sp³-hybridized carbons (Fsp3) is 0.235. The average Bonchev–Trinajstić information content (AvgIpc) is 2.48. The lowest BCUT2D eigenvalue weighted by atomic mass is 10.1. The fourth-order valence-corrected chi connectivity index (χ4v) is 2.62. The molecule has 21 heavy (non-hydrogen) atoms. The second kappa shape index (κ2) is 7.36. The molecular weight excluding hydrogens is 333 g/mol. The smallest absolute Gasteiger partial charge is 0.262 e. The maximum absolute atomic E-state index is 14.0. The van der Waals surface area contributed by atoms with Crippen molar-refractivity contribution in [2.75, 3.05) is 11.4 Å². The molecule has 0 atom stereocenters. The Hall–Kier alpha value is -1.68. The van der Waals surface area contributed by atoms with E-state index in [9.17, 15) is 9.18 Å². The van der Waals surface area contributed by atoms with E-state index in [0.717, 1.165) is 18.5 Å². The van der Waals surface area contributed by atoms with Crippen LogP contribution in [0.15, 0.2) is 53.0 Å². The molecule has 0 aliphatic heterocycles. The molecule has 1 amide bonds. The minimum absolute atomic E-state index is 0.0810. The summed E-state index contributed by atoms with van der Waals surface area (Å²) in [6, 6.07) is 13.9. The van der Waals surface area contributed by atoms with E-state index in [1.54, 1.807) is 17.0 Å². The summed E-state index contributed by atoms with van der Waals surface area (Å²) in [6.07, 6.45) is 1.84. The average molecular weight is 350 g/mol. The molecule has 0 aliphatic rings. The number of para-hydroxylation sites is 1. The predicted molar refractivity (Wildman–Crippen MR) is 87.1 cm³/mol. The summed E-state index contributed by atoms with van der Waals surface area (Å²) in [5.41, 5.74) is 0.864. The molecule has 0 unspecified atom stereocenters. The standard InChI is InChI=1S/C17H17BrFNO/c1-2-3-12-20(13-8-5-4-6-9-13)17(21)16-14(18)10-7-11-15(16)19/h4-11H,2-3,12H2,1H3. The van der Waals surface area contributed by atoms with E-state index in [-0.39, 0.29) is 11.5 Å². The zero-order valence-electron chi connectivity index (χ0n) is 11.9. The van der Waals surface area contributed by atoms with Gasteiger partial charge < -0.3 is 4.90 Å². The van der Waals surface area contributed by atoms with E-state index in [1.165, 1.54) is 6.07 Å². The Morgan fingerprint density at radius 2 is 1.86 bits per heavy atom. The van der Waals surface area contributed by atoms with Gasteiger partial charge in [0.25, 0.3) is 5.91 Å². The van der Waals surface area contributed by atoms with Crippen LogP contribution in [-0.4, -0.2) is 12.5 Å². The lowest BCUT2D eigenvalue weighted by Gasteiger charge is -2.23. The summed E-state index contributed by atoms with van der Waals surface area (Å²) in [5, 5.41) is 0. The SMILES string of the molecule is CCCCN(C(=O)c1c(F)cccc1Br)c1ccccc1. The molecule has 0 radical (unpaired) electrons. The Morgan fingerprint density at radius 1 is 1.14 bits per heavy atom. The Kier molecular flexibility index (Phi) is 5.51. The molecule has 0 N–H and O–H groups in total. The molecule has 0 saturated heterocycles. The molecule has 2 nitrogen and oxygen atoms in total. The summed E-state index contributed by atoms with van der Waals surface area (Å²) in [5.74, 6) is -0.827. The van der Waals surface area contributed by atoms with Crippen LogP contribution in [0.4, 0.5) is 10.1 Å². The quantitative estimate of drug-likeness (QED) is 0.740. The number of hydrogen-bond acceptors (Lipinski definition) is 1. The Morgan fingerprint density at radius 3 is 2.48 bits per heavy atom. The molecule has 2 rings (SSSR count). The molecule has 2 aromatic rings. The highest BCUT2D eigenvalue weighted by molar-refractivity contribution is 9.10. The number of carbonyl (C=O) groups excluding carboxylic acids is 1. The summed E-state index contributed by atoms with van der Waals surface area (Å²) < 4.78 is 14.5. The number of anilines is 1. The normalized spacial score (nSPS) is 10.4. The van der Waals surface area contributed by atoms with Crippen LogP contribution >= 0.6 is 15.9 Å². The topological polar surface area (TPSA) is 20.3 Å². The van der Waals surface area contributed by atoms with Crippen LogP contribution in [0.3, 0.4) is 0 Å². The Balaban J connectivity index is 2.39. The molecule has 0 heterocycles. The van der Waals surface area contributed by atoms with Crippen molar-refractivity contribution in [2.45, 2.75) is 19.8 Å².